The summed E-state index contributed by atoms with van der Waals surface area (Å²) in [6.07, 6.45) is 0.241. The SMILES string of the molecule is CC(=O)N[C@@H](Cc1ccc(O)cc1)C(=O)OCl. The Morgan fingerprint density at radius 3 is 2.47 bits per heavy atom. The van der Waals surface area contributed by atoms with Gasteiger partial charge in [-0.05, 0) is 17.7 Å². The molecule has 1 aromatic carbocycles. The van der Waals surface area contributed by atoms with Crippen molar-refractivity contribution in [3.63, 3.8) is 0 Å². The fourth-order valence-electron chi connectivity index (χ4n) is 1.36. The Morgan fingerprint density at radius 2 is 2.00 bits per heavy atom. The molecule has 0 bridgehead atoms. The second-order valence-corrected chi connectivity index (χ2v) is 3.67. The van der Waals surface area contributed by atoms with Gasteiger partial charge in [-0.25, -0.2) is 4.79 Å². The van der Waals surface area contributed by atoms with E-state index in [1.165, 1.54) is 19.1 Å². The Labute approximate surface area is 104 Å². The summed E-state index contributed by atoms with van der Waals surface area (Å²) in [6.45, 7) is 1.30. The lowest BCUT2D eigenvalue weighted by Gasteiger charge is -2.14. The lowest BCUT2D eigenvalue weighted by atomic mass is 10.1. The molecule has 1 aromatic rings. The quantitative estimate of drug-likeness (QED) is 0.848. The van der Waals surface area contributed by atoms with Gasteiger partial charge in [-0.15, -0.1) is 0 Å². The maximum Gasteiger partial charge on any atom is 0.347 e. The van der Waals surface area contributed by atoms with Gasteiger partial charge in [0.1, 0.15) is 23.7 Å². The predicted octanol–water partition coefficient (Wildman–Crippen LogP) is 1.14. The summed E-state index contributed by atoms with van der Waals surface area (Å²) in [5, 5.41) is 11.5. The Bertz CT molecular complexity index is 404. The molecule has 0 fully saturated rings. The lowest BCUT2D eigenvalue weighted by molar-refractivity contribution is -0.138. The highest BCUT2D eigenvalue weighted by molar-refractivity contribution is 6.14. The molecule has 6 heteroatoms. The number of rotatable bonds is 4. The predicted molar refractivity (Wildman–Crippen MR) is 61.4 cm³/mol. The van der Waals surface area contributed by atoms with Crippen LogP contribution in [-0.2, 0) is 20.3 Å². The number of nitrogens with one attached hydrogen (secondary N) is 1. The number of aromatic hydroxyl groups is 1. The van der Waals surface area contributed by atoms with Gasteiger partial charge in [0.15, 0.2) is 0 Å². The highest BCUT2D eigenvalue weighted by Gasteiger charge is 2.21. The van der Waals surface area contributed by atoms with E-state index in [1.807, 2.05) is 0 Å². The molecular weight excluding hydrogens is 246 g/mol. The van der Waals surface area contributed by atoms with Crippen LogP contribution in [-0.4, -0.2) is 23.0 Å². The van der Waals surface area contributed by atoms with Crippen LogP contribution >= 0.6 is 11.9 Å². The summed E-state index contributed by atoms with van der Waals surface area (Å²) >= 11 is 4.98. The first kappa shape index (κ1) is 13.3. The standard InChI is InChI=1S/C11H12ClNO4/c1-7(14)13-10(11(16)17-12)6-8-2-4-9(15)5-3-8/h2-5,10,15H,6H2,1H3,(H,13,14)/t10-/m0/s1. The number of benzene rings is 1. The Morgan fingerprint density at radius 1 is 1.41 bits per heavy atom. The van der Waals surface area contributed by atoms with Crippen molar-refractivity contribution in [1.82, 2.24) is 5.32 Å². The van der Waals surface area contributed by atoms with Crippen molar-refractivity contribution in [2.24, 2.45) is 0 Å². The van der Waals surface area contributed by atoms with Crippen LogP contribution in [0.4, 0.5) is 0 Å². The van der Waals surface area contributed by atoms with Gasteiger partial charge >= 0.3 is 5.97 Å². The van der Waals surface area contributed by atoms with Gasteiger partial charge in [-0.2, -0.15) is 0 Å². The van der Waals surface area contributed by atoms with Crippen LogP contribution < -0.4 is 5.32 Å². The third-order valence-corrected chi connectivity index (χ3v) is 2.27. The van der Waals surface area contributed by atoms with Crippen LogP contribution in [0.5, 0.6) is 5.75 Å². The molecule has 0 aliphatic heterocycles. The molecule has 1 atom stereocenters. The van der Waals surface area contributed by atoms with E-state index in [0.29, 0.717) is 0 Å². The zero-order valence-electron chi connectivity index (χ0n) is 9.14. The zero-order chi connectivity index (χ0) is 12.8. The minimum absolute atomic E-state index is 0.129. The number of halogens is 1. The summed E-state index contributed by atoms with van der Waals surface area (Å²) < 4.78 is 4.08. The maximum atomic E-state index is 11.3. The van der Waals surface area contributed by atoms with Crippen molar-refractivity contribution in [2.45, 2.75) is 19.4 Å². The molecular formula is C11H12ClNO4. The van der Waals surface area contributed by atoms with E-state index >= 15 is 0 Å². The molecule has 0 heterocycles. The molecule has 0 radical (unpaired) electrons. The van der Waals surface area contributed by atoms with E-state index in [9.17, 15) is 9.59 Å². The smallest absolute Gasteiger partial charge is 0.347 e. The monoisotopic (exact) mass is 257 g/mol. The second kappa shape index (κ2) is 6.10. The second-order valence-electron chi connectivity index (χ2n) is 3.52. The number of hydrogen-bond donors (Lipinski definition) is 2. The number of amides is 1. The molecule has 5 nitrogen and oxygen atoms in total. The van der Waals surface area contributed by atoms with E-state index in [-0.39, 0.29) is 18.1 Å². The van der Waals surface area contributed by atoms with Gasteiger partial charge in [0.2, 0.25) is 5.91 Å². The fourth-order valence-corrected chi connectivity index (χ4v) is 1.47. The molecule has 0 spiro atoms. The molecule has 0 unspecified atom stereocenters. The molecule has 17 heavy (non-hydrogen) atoms. The van der Waals surface area contributed by atoms with Crippen LogP contribution in [0.25, 0.3) is 0 Å². The number of carbonyl (C=O) groups is 2. The van der Waals surface area contributed by atoms with E-state index < -0.39 is 12.0 Å². The normalized spacial score (nSPS) is 11.6. The first-order chi connectivity index (χ1) is 8.02. The Hall–Kier alpha value is -1.75. The van der Waals surface area contributed by atoms with Gasteiger partial charge in [0, 0.05) is 13.3 Å². The van der Waals surface area contributed by atoms with Crippen molar-refractivity contribution >= 4 is 23.7 Å². The molecule has 0 aliphatic rings. The van der Waals surface area contributed by atoms with Gasteiger partial charge < -0.3 is 14.7 Å². The summed E-state index contributed by atoms with van der Waals surface area (Å²) in [5.74, 6) is -0.949. The molecule has 0 aromatic heterocycles. The topological polar surface area (TPSA) is 75.6 Å². The largest absolute Gasteiger partial charge is 0.508 e. The Balaban J connectivity index is 2.75. The molecule has 0 saturated carbocycles. The highest BCUT2D eigenvalue weighted by atomic mass is 35.5. The summed E-state index contributed by atoms with van der Waals surface area (Å²) in [5.41, 5.74) is 0.767. The van der Waals surface area contributed by atoms with Crippen molar-refractivity contribution < 1.29 is 19.0 Å². The first-order valence-corrected chi connectivity index (χ1v) is 5.21. The van der Waals surface area contributed by atoms with Crippen LogP contribution in [0.1, 0.15) is 12.5 Å². The summed E-state index contributed by atoms with van der Waals surface area (Å²) in [4.78, 5) is 22.2. The summed E-state index contributed by atoms with van der Waals surface area (Å²) in [6, 6.07) is 5.44. The highest BCUT2D eigenvalue weighted by Crippen LogP contribution is 2.12. The zero-order valence-corrected chi connectivity index (χ0v) is 9.90. The van der Waals surface area contributed by atoms with Crippen molar-refractivity contribution in [2.75, 3.05) is 0 Å². The number of carbonyl (C=O) groups excluding carboxylic acids is 2. The van der Waals surface area contributed by atoms with E-state index in [4.69, 9.17) is 17.0 Å². The number of phenols is 1. The van der Waals surface area contributed by atoms with Gasteiger partial charge in [0.25, 0.3) is 0 Å². The van der Waals surface area contributed by atoms with E-state index in [2.05, 4.69) is 9.61 Å². The Kier molecular flexibility index (Phi) is 4.78. The van der Waals surface area contributed by atoms with E-state index in [0.717, 1.165) is 5.56 Å². The molecule has 0 aliphatic carbocycles. The van der Waals surface area contributed by atoms with E-state index in [1.54, 1.807) is 12.1 Å². The molecule has 92 valence electrons. The van der Waals surface area contributed by atoms with Crippen LogP contribution in [0, 0.1) is 0 Å². The minimum Gasteiger partial charge on any atom is -0.508 e. The molecule has 1 rings (SSSR count). The number of phenolic OH excluding ortho intramolecular Hbond substituents is 1. The summed E-state index contributed by atoms with van der Waals surface area (Å²) in [7, 11) is 0. The lowest BCUT2D eigenvalue weighted by Crippen LogP contribution is -2.41. The first-order valence-electron chi connectivity index (χ1n) is 4.90. The van der Waals surface area contributed by atoms with Crippen molar-refractivity contribution in [3.8, 4) is 5.75 Å². The van der Waals surface area contributed by atoms with Gasteiger partial charge in [-0.3, -0.25) is 4.79 Å². The average molecular weight is 258 g/mol. The van der Waals surface area contributed by atoms with Crippen molar-refractivity contribution in [1.29, 1.82) is 0 Å². The number of hydrogen-bond acceptors (Lipinski definition) is 4. The van der Waals surface area contributed by atoms with Crippen LogP contribution in [0.15, 0.2) is 24.3 Å². The third-order valence-electron chi connectivity index (χ3n) is 2.11. The van der Waals surface area contributed by atoms with Crippen LogP contribution in [0.3, 0.4) is 0 Å². The van der Waals surface area contributed by atoms with Crippen molar-refractivity contribution in [3.05, 3.63) is 29.8 Å². The minimum atomic E-state index is -0.838. The van der Waals surface area contributed by atoms with Gasteiger partial charge in [-0.1, -0.05) is 12.1 Å². The third kappa shape index (κ3) is 4.32. The van der Waals surface area contributed by atoms with Gasteiger partial charge in [0.05, 0.1) is 0 Å². The molecule has 2 N–H and O–H groups in total. The molecule has 1 amide bonds. The maximum absolute atomic E-state index is 11.3. The molecule has 0 saturated heterocycles. The van der Waals surface area contributed by atoms with Crippen LogP contribution in [0.2, 0.25) is 0 Å². The fraction of sp³-hybridized carbons (Fsp3) is 0.273. The average Bonchev–Trinajstić information content (AvgIpc) is 2.29.